The highest BCUT2D eigenvalue weighted by atomic mass is 31.2. The molecule has 3 saturated carbocycles. The van der Waals surface area contributed by atoms with Crippen LogP contribution in [-0.4, -0.2) is 228 Å². The van der Waals surface area contributed by atoms with E-state index >= 15 is 0 Å². The number of unbranched alkanes of at least 4 members (excludes halogenated alkanes) is 12. The number of aliphatic hydroxyl groups is 9. The van der Waals surface area contributed by atoms with Gasteiger partial charge in [-0.15, -0.1) is 0 Å². The molecule has 0 aromatic heterocycles. The number of carbonyl (C=O) groups excluding carboxylic acids is 5. The van der Waals surface area contributed by atoms with E-state index in [0.717, 1.165) is 84.2 Å². The van der Waals surface area contributed by atoms with Crippen molar-refractivity contribution in [3.63, 3.8) is 0 Å². The number of ether oxygens (including phenoxy) is 6. The van der Waals surface area contributed by atoms with Crippen molar-refractivity contribution in [3.05, 3.63) is 0 Å². The van der Waals surface area contributed by atoms with Gasteiger partial charge in [0.15, 0.2) is 0 Å². The predicted molar refractivity (Wildman–Crippen MR) is 377 cm³/mol. The lowest BCUT2D eigenvalue weighted by molar-refractivity contribution is -0.144. The van der Waals surface area contributed by atoms with E-state index in [4.69, 9.17) is 28.4 Å². The SMILES string of the molecule is C.C.C.C.C.C.C.COP(=O)(O)OCNC(=O)CC(=O)CC(COCCC(=O)CCCCCCCO[C@@H]1CC(CO)[C@H](O)[C@H](O)C1C)(COCCC(=O)CCCCCCCO[C@@H]1CC(CO)[C@H](O)[C@H](O)C1C)COCCC(=O)CCCCCCCO[C@@H]1CC(CO)[C@H](O)[C@H](O)C1C. The average Bonchev–Trinajstić information content (AvgIpc) is 0.872. The number of rotatable bonds is 53. The van der Waals surface area contributed by atoms with E-state index in [1.54, 1.807) is 0 Å². The summed E-state index contributed by atoms with van der Waals surface area (Å²) < 4.78 is 57.2. The molecule has 3 rings (SSSR count). The summed E-state index contributed by atoms with van der Waals surface area (Å²) in [6.07, 6.45) is 7.11. The maximum absolute atomic E-state index is 13.7. The quantitative estimate of drug-likeness (QED) is 0.0117. The summed E-state index contributed by atoms with van der Waals surface area (Å²) >= 11 is 0. The maximum Gasteiger partial charge on any atom is 0.473 e. The molecule has 3 aliphatic rings. The van der Waals surface area contributed by atoms with Crippen LogP contribution in [0.5, 0.6) is 0 Å². The number of nitrogens with one attached hydrogen (secondary N) is 1. The van der Waals surface area contributed by atoms with Crippen LogP contribution in [-0.2, 0) is 66.0 Å². The number of amides is 1. The second kappa shape index (κ2) is 58.1. The highest BCUT2D eigenvalue weighted by Crippen LogP contribution is 2.41. The third-order valence-corrected chi connectivity index (χ3v) is 19.4. The Bertz CT molecular complexity index is 1860. The van der Waals surface area contributed by atoms with Crippen molar-refractivity contribution in [2.45, 2.75) is 295 Å². The first kappa shape index (κ1) is 103. The lowest BCUT2D eigenvalue weighted by Crippen LogP contribution is -2.50. The predicted octanol–water partition coefficient (Wildman–Crippen LogP) is 8.83. The lowest BCUT2D eigenvalue weighted by atomic mass is 9.77. The van der Waals surface area contributed by atoms with E-state index in [-0.39, 0.29) is 191 Å². The molecule has 16 atom stereocenters. The number of phosphoric acid groups is 1. The standard InChI is InChI=1S/C64H116NO24P.7CH4/c1-44-54(32-47(37-66)61(77)58(44)74)86-26-17-11-5-8-14-20-50(69)23-29-83-40-64(36-53(72)35-57(73)65-43-89-90(80,81)82-4,41-84-30-24-51(70)21-15-9-6-12-18-27-87-55-33-48(38-67)62(78)59(75)45(55)2)42-85-31-25-52(71)22-16-10-7-13-19-28-88-56-34-49(39-68)63(79)60(76)46(56)3;;;;;;;/h44-49,54-56,58-63,66-68,74-79H,5-43H2,1-4H3,(H,65,73)(H,80,81);7*1H4/t44?,45?,46?,47?,48?,49?,54-,55-,56-,58-,59-,60-,61+,62+,63+,64?;;;;;;;/m1......./s1. The van der Waals surface area contributed by atoms with Gasteiger partial charge < -0.3 is 84.6 Å². The molecule has 1 amide bonds. The van der Waals surface area contributed by atoms with Crippen molar-refractivity contribution in [2.75, 3.05) is 93.1 Å². The minimum Gasteiger partial charge on any atom is -0.396 e. The molecule has 3 fully saturated rings. The van der Waals surface area contributed by atoms with Gasteiger partial charge >= 0.3 is 7.82 Å². The number of hydrogen-bond donors (Lipinski definition) is 11. The van der Waals surface area contributed by atoms with Gasteiger partial charge in [0.25, 0.3) is 0 Å². The number of carbonyl (C=O) groups is 5. The molecular weight excluding hydrogens is 1280 g/mol. The van der Waals surface area contributed by atoms with Gasteiger partial charge in [-0.25, -0.2) is 4.57 Å². The second-order valence-electron chi connectivity index (χ2n) is 25.8. The Labute approximate surface area is 585 Å². The summed E-state index contributed by atoms with van der Waals surface area (Å²) in [6, 6.07) is 0. The largest absolute Gasteiger partial charge is 0.473 e. The zero-order chi connectivity index (χ0) is 66.5. The van der Waals surface area contributed by atoms with Crippen molar-refractivity contribution in [2.24, 2.45) is 40.9 Å². The maximum atomic E-state index is 13.7. The Hall–Kier alpha value is -2.34. The Morgan fingerprint density at radius 1 is 0.423 bits per heavy atom. The molecule has 582 valence electrons. The number of Topliss-reactive ketones (excluding diaryl/α,β-unsaturated/α-hetero) is 4. The Balaban J connectivity index is -0.00000403. The van der Waals surface area contributed by atoms with Crippen molar-refractivity contribution >= 4 is 36.9 Å². The molecule has 0 spiro atoms. The molecular formula is C71H144NO24P. The Kier molecular flexibility index (Phi) is 61.9. The van der Waals surface area contributed by atoms with Crippen LogP contribution in [0, 0.1) is 40.9 Å². The van der Waals surface area contributed by atoms with E-state index in [1.165, 1.54) is 0 Å². The summed E-state index contributed by atoms with van der Waals surface area (Å²) in [5, 5.41) is 92.9. The van der Waals surface area contributed by atoms with E-state index in [0.29, 0.717) is 77.6 Å². The molecule has 25 nitrogen and oxygen atoms in total. The smallest absolute Gasteiger partial charge is 0.396 e. The van der Waals surface area contributed by atoms with Crippen LogP contribution in [0.4, 0.5) is 0 Å². The zero-order valence-corrected chi connectivity index (χ0v) is 55.3. The Morgan fingerprint density at radius 3 is 1.00 bits per heavy atom. The molecule has 0 bridgehead atoms. The first-order valence-electron chi connectivity index (χ1n) is 33.4. The first-order valence-corrected chi connectivity index (χ1v) is 34.9. The molecule has 0 aromatic rings. The summed E-state index contributed by atoms with van der Waals surface area (Å²) in [5.74, 6) is -3.52. The van der Waals surface area contributed by atoms with Gasteiger partial charge in [-0.05, 0) is 57.8 Å². The lowest BCUT2D eigenvalue weighted by Gasteiger charge is -2.40. The summed E-state index contributed by atoms with van der Waals surface area (Å²) in [4.78, 5) is 75.3. The van der Waals surface area contributed by atoms with E-state index < -0.39 is 92.5 Å². The molecule has 0 aromatic carbocycles. The minimum absolute atomic E-state index is 0. The van der Waals surface area contributed by atoms with Crippen LogP contribution in [0.2, 0.25) is 0 Å². The molecule has 0 saturated heterocycles. The van der Waals surface area contributed by atoms with Crippen LogP contribution < -0.4 is 5.32 Å². The van der Waals surface area contributed by atoms with Gasteiger partial charge in [0.2, 0.25) is 5.91 Å². The van der Waals surface area contributed by atoms with Crippen molar-refractivity contribution in [3.8, 4) is 0 Å². The van der Waals surface area contributed by atoms with Crippen LogP contribution in [0.15, 0.2) is 0 Å². The number of ketones is 4. The minimum atomic E-state index is -4.43. The van der Waals surface area contributed by atoms with Gasteiger partial charge in [0, 0.05) is 133 Å². The topological polar surface area (TPSA) is 391 Å². The Morgan fingerprint density at radius 2 is 0.711 bits per heavy atom. The van der Waals surface area contributed by atoms with E-state index in [9.17, 15) is 79.4 Å². The number of aliphatic hydroxyl groups excluding tert-OH is 9. The molecule has 7 unspecified atom stereocenters. The summed E-state index contributed by atoms with van der Waals surface area (Å²) in [6.45, 7) is 5.08. The fourth-order valence-electron chi connectivity index (χ4n) is 12.2. The van der Waals surface area contributed by atoms with Crippen LogP contribution >= 0.6 is 7.82 Å². The van der Waals surface area contributed by atoms with Crippen molar-refractivity contribution < 1.29 is 117 Å². The number of hydrogen-bond acceptors (Lipinski definition) is 23. The van der Waals surface area contributed by atoms with Crippen LogP contribution in [0.25, 0.3) is 0 Å². The van der Waals surface area contributed by atoms with Crippen LogP contribution in [0.3, 0.4) is 0 Å². The monoisotopic (exact) mass is 1430 g/mol. The molecule has 0 radical (unpaired) electrons. The molecule has 0 aliphatic heterocycles. The molecule has 0 heterocycles. The number of phosphoric ester groups is 1. The molecule has 26 heteroatoms. The van der Waals surface area contributed by atoms with Crippen LogP contribution in [0.1, 0.15) is 240 Å². The molecule has 3 aliphatic carbocycles. The van der Waals surface area contributed by atoms with Gasteiger partial charge in [0.1, 0.15) is 29.9 Å². The van der Waals surface area contributed by atoms with Crippen molar-refractivity contribution in [1.82, 2.24) is 5.32 Å². The normalized spacial score (nSPS) is 26.4. The molecule has 11 N–H and O–H groups in total. The summed E-state index contributed by atoms with van der Waals surface area (Å²) in [5.41, 5.74) is -1.25. The van der Waals surface area contributed by atoms with E-state index in [2.05, 4.69) is 14.4 Å². The van der Waals surface area contributed by atoms with Gasteiger partial charge in [-0.2, -0.15) is 0 Å². The highest BCUT2D eigenvalue weighted by molar-refractivity contribution is 7.47. The second-order valence-corrected chi connectivity index (χ2v) is 27.3. The fourth-order valence-corrected chi connectivity index (χ4v) is 12.5. The van der Waals surface area contributed by atoms with Gasteiger partial charge in [0.05, 0.1) is 101 Å². The van der Waals surface area contributed by atoms with E-state index in [1.807, 2.05) is 20.8 Å². The van der Waals surface area contributed by atoms with Gasteiger partial charge in [-0.3, -0.25) is 33.0 Å². The fraction of sp³-hybridized carbons (Fsp3) is 0.930. The average molecular weight is 1430 g/mol. The van der Waals surface area contributed by atoms with Crippen molar-refractivity contribution in [1.29, 1.82) is 0 Å². The third kappa shape index (κ3) is 40.3. The van der Waals surface area contributed by atoms with Gasteiger partial charge in [-0.1, -0.05) is 131 Å². The first-order chi connectivity index (χ1) is 43.0. The highest BCUT2D eigenvalue weighted by Gasteiger charge is 2.44. The third-order valence-electron chi connectivity index (χ3n) is 18.4. The molecule has 97 heavy (non-hydrogen) atoms. The summed E-state index contributed by atoms with van der Waals surface area (Å²) in [7, 11) is -3.47. The zero-order valence-electron chi connectivity index (χ0n) is 54.4.